The van der Waals surface area contributed by atoms with E-state index in [0.717, 1.165) is 12.1 Å². The molecule has 0 bridgehead atoms. The monoisotopic (exact) mass is 310 g/mol. The van der Waals surface area contributed by atoms with Crippen molar-refractivity contribution in [3.63, 3.8) is 0 Å². The van der Waals surface area contributed by atoms with E-state index < -0.39 is 6.10 Å². The molecule has 0 aliphatic heterocycles. The van der Waals surface area contributed by atoms with Crippen molar-refractivity contribution in [1.29, 1.82) is 0 Å². The maximum absolute atomic E-state index is 9.89. The molecule has 23 heavy (non-hydrogen) atoms. The number of hydrogen-bond acceptors (Lipinski definition) is 4. The zero-order valence-corrected chi connectivity index (χ0v) is 13.1. The first kappa shape index (κ1) is 14.7. The molecular weight excluding hydrogens is 288 g/mol. The maximum atomic E-state index is 9.89. The molecule has 1 fully saturated rings. The van der Waals surface area contributed by atoms with Crippen LogP contribution in [0.2, 0.25) is 0 Å². The summed E-state index contributed by atoms with van der Waals surface area (Å²) in [5, 5.41) is 15.8. The Morgan fingerprint density at radius 2 is 2.04 bits per heavy atom. The molecule has 0 spiro atoms. The van der Waals surface area contributed by atoms with Gasteiger partial charge in [-0.2, -0.15) is 0 Å². The number of benzene rings is 2. The largest absolute Gasteiger partial charge is 0.389 e. The van der Waals surface area contributed by atoms with E-state index in [9.17, 15) is 5.11 Å². The number of allylic oxidation sites excluding steroid dienone is 1. The number of rotatable bonds is 7. The van der Waals surface area contributed by atoms with Crippen LogP contribution in [0.1, 0.15) is 24.0 Å². The second kappa shape index (κ2) is 6.32. The summed E-state index contributed by atoms with van der Waals surface area (Å²) in [5.74, 6) is 0. The highest BCUT2D eigenvalue weighted by Gasteiger charge is 2.21. The summed E-state index contributed by atoms with van der Waals surface area (Å²) in [6.45, 7) is 0.868. The fourth-order valence-electron chi connectivity index (χ4n) is 3.08. The minimum atomic E-state index is -0.485. The van der Waals surface area contributed by atoms with Gasteiger partial charge in [-0.3, -0.25) is 10.3 Å². The lowest BCUT2D eigenvalue weighted by atomic mass is 10.00. The number of hydrogen-bond donors (Lipinski definition) is 3. The zero-order valence-electron chi connectivity index (χ0n) is 13.1. The molecule has 0 radical (unpaired) electrons. The standard InChI is InChI=1S/C19H22N2O2/c22-15(11-20-14-6-7-14)12-23-21-19-10-9-17-16-4-2-1-3-13(16)5-8-18(17)19/h1-5,8,10,14-15,20-22H,6-7,9,11-12H2. The van der Waals surface area contributed by atoms with Crippen LogP contribution < -0.4 is 10.8 Å². The Hall–Kier alpha value is -1.88. The molecule has 1 atom stereocenters. The van der Waals surface area contributed by atoms with Crippen LogP contribution in [-0.2, 0) is 11.3 Å². The van der Waals surface area contributed by atoms with Crippen LogP contribution >= 0.6 is 0 Å². The molecule has 4 rings (SSSR count). The summed E-state index contributed by atoms with van der Waals surface area (Å²) in [6.07, 6.45) is 5.02. The van der Waals surface area contributed by atoms with E-state index in [1.165, 1.54) is 34.7 Å². The van der Waals surface area contributed by atoms with Gasteiger partial charge in [0.2, 0.25) is 0 Å². The van der Waals surface area contributed by atoms with Crippen molar-refractivity contribution < 1.29 is 9.94 Å². The Kier molecular flexibility index (Phi) is 4.04. The van der Waals surface area contributed by atoms with Crippen molar-refractivity contribution in [2.45, 2.75) is 31.4 Å². The fourth-order valence-corrected chi connectivity index (χ4v) is 3.08. The van der Waals surface area contributed by atoms with Crippen LogP contribution in [-0.4, -0.2) is 30.4 Å². The minimum absolute atomic E-state index is 0.278. The first-order chi connectivity index (χ1) is 11.3. The molecule has 1 unspecified atom stereocenters. The third kappa shape index (κ3) is 3.24. The smallest absolute Gasteiger partial charge is 0.102 e. The van der Waals surface area contributed by atoms with E-state index in [1.807, 2.05) is 0 Å². The van der Waals surface area contributed by atoms with E-state index in [2.05, 4.69) is 53.3 Å². The highest BCUT2D eigenvalue weighted by Crippen LogP contribution is 2.31. The van der Waals surface area contributed by atoms with Gasteiger partial charge in [0, 0.05) is 18.2 Å². The Labute approximate surface area is 136 Å². The van der Waals surface area contributed by atoms with Crippen LogP contribution in [0, 0.1) is 0 Å². The number of aliphatic hydroxyl groups is 1. The van der Waals surface area contributed by atoms with Gasteiger partial charge in [-0.15, -0.1) is 0 Å². The average molecular weight is 310 g/mol. The third-order valence-electron chi connectivity index (χ3n) is 4.52. The SMILES string of the molecule is OC(CNC1CC1)CONC1=CCc2c1ccc1ccccc21. The molecule has 0 saturated heterocycles. The molecule has 2 aliphatic rings. The lowest BCUT2D eigenvalue weighted by Gasteiger charge is -2.14. The highest BCUT2D eigenvalue weighted by molar-refractivity contribution is 5.92. The fraction of sp³-hybridized carbons (Fsp3) is 0.368. The molecule has 4 nitrogen and oxygen atoms in total. The van der Waals surface area contributed by atoms with Crippen molar-refractivity contribution in [2.24, 2.45) is 0 Å². The van der Waals surface area contributed by atoms with Gasteiger partial charge in [0.05, 0.1) is 11.8 Å². The van der Waals surface area contributed by atoms with Gasteiger partial charge in [-0.1, -0.05) is 42.5 Å². The van der Waals surface area contributed by atoms with Crippen molar-refractivity contribution in [3.05, 3.63) is 53.6 Å². The molecule has 2 aromatic carbocycles. The molecule has 0 aromatic heterocycles. The Bertz CT molecular complexity index is 737. The molecule has 2 aromatic rings. The number of nitrogens with one attached hydrogen (secondary N) is 2. The van der Waals surface area contributed by atoms with Crippen LogP contribution in [0.25, 0.3) is 16.5 Å². The zero-order chi connectivity index (χ0) is 15.6. The number of hydroxylamine groups is 1. The van der Waals surface area contributed by atoms with Gasteiger partial charge in [-0.25, -0.2) is 0 Å². The summed E-state index contributed by atoms with van der Waals surface area (Å²) in [5.41, 5.74) is 6.53. The lowest BCUT2D eigenvalue weighted by Crippen LogP contribution is -2.33. The van der Waals surface area contributed by atoms with Gasteiger partial charge in [-0.05, 0) is 35.6 Å². The summed E-state index contributed by atoms with van der Waals surface area (Å²) < 4.78 is 0. The average Bonchev–Trinajstić information content (AvgIpc) is 3.32. The highest BCUT2D eigenvalue weighted by atomic mass is 16.6. The summed E-state index contributed by atoms with van der Waals surface area (Å²) >= 11 is 0. The summed E-state index contributed by atoms with van der Waals surface area (Å²) in [4.78, 5) is 5.49. The van der Waals surface area contributed by atoms with Crippen LogP contribution in [0.3, 0.4) is 0 Å². The van der Waals surface area contributed by atoms with Crippen molar-refractivity contribution >= 4 is 16.5 Å². The maximum Gasteiger partial charge on any atom is 0.102 e. The van der Waals surface area contributed by atoms with Gasteiger partial charge in [0.25, 0.3) is 0 Å². The van der Waals surface area contributed by atoms with E-state index in [-0.39, 0.29) is 6.61 Å². The molecule has 4 heteroatoms. The first-order valence-corrected chi connectivity index (χ1v) is 8.31. The molecule has 2 aliphatic carbocycles. The Morgan fingerprint density at radius 3 is 2.91 bits per heavy atom. The van der Waals surface area contributed by atoms with Crippen LogP contribution in [0.5, 0.6) is 0 Å². The van der Waals surface area contributed by atoms with Crippen molar-refractivity contribution in [3.8, 4) is 0 Å². The minimum Gasteiger partial charge on any atom is -0.389 e. The van der Waals surface area contributed by atoms with E-state index in [1.54, 1.807) is 0 Å². The van der Waals surface area contributed by atoms with Gasteiger partial charge >= 0.3 is 0 Å². The summed E-state index contributed by atoms with van der Waals surface area (Å²) in [6, 6.07) is 13.3. The molecule has 0 heterocycles. The second-order valence-corrected chi connectivity index (χ2v) is 6.38. The van der Waals surface area contributed by atoms with Crippen molar-refractivity contribution in [1.82, 2.24) is 10.8 Å². The number of fused-ring (bicyclic) bond motifs is 3. The van der Waals surface area contributed by atoms with E-state index >= 15 is 0 Å². The quantitative estimate of drug-likeness (QED) is 0.687. The van der Waals surface area contributed by atoms with E-state index in [4.69, 9.17) is 4.84 Å². The van der Waals surface area contributed by atoms with Gasteiger partial charge in [0.1, 0.15) is 6.61 Å². The predicted molar refractivity (Wildman–Crippen MR) is 91.7 cm³/mol. The molecule has 0 amide bonds. The van der Waals surface area contributed by atoms with Crippen molar-refractivity contribution in [2.75, 3.05) is 13.2 Å². The molecule has 3 N–H and O–H groups in total. The first-order valence-electron chi connectivity index (χ1n) is 8.31. The number of aliphatic hydroxyl groups excluding tert-OH is 1. The second-order valence-electron chi connectivity index (χ2n) is 6.38. The Morgan fingerprint density at radius 1 is 1.17 bits per heavy atom. The third-order valence-corrected chi connectivity index (χ3v) is 4.52. The van der Waals surface area contributed by atoms with Crippen LogP contribution in [0.15, 0.2) is 42.5 Å². The predicted octanol–water partition coefficient (Wildman–Crippen LogP) is 2.37. The summed E-state index contributed by atoms with van der Waals surface area (Å²) in [7, 11) is 0. The van der Waals surface area contributed by atoms with Gasteiger partial charge < -0.3 is 10.4 Å². The molecular formula is C19H22N2O2. The molecule has 120 valence electrons. The van der Waals surface area contributed by atoms with Gasteiger partial charge in [0.15, 0.2) is 0 Å². The Balaban J connectivity index is 1.35. The topological polar surface area (TPSA) is 53.5 Å². The van der Waals surface area contributed by atoms with Crippen LogP contribution in [0.4, 0.5) is 0 Å². The normalized spacial score (nSPS) is 17.9. The lowest BCUT2D eigenvalue weighted by molar-refractivity contribution is 0.00415. The van der Waals surface area contributed by atoms with E-state index in [0.29, 0.717) is 12.6 Å². The molecule has 1 saturated carbocycles.